The minimum absolute atomic E-state index is 0.355. The van der Waals surface area contributed by atoms with Gasteiger partial charge in [-0.05, 0) is 97.6 Å². The predicted molar refractivity (Wildman–Crippen MR) is 195 cm³/mol. The summed E-state index contributed by atoms with van der Waals surface area (Å²) in [5.41, 5.74) is 8.45. The van der Waals surface area contributed by atoms with Crippen LogP contribution >= 0.6 is 0 Å². The van der Waals surface area contributed by atoms with E-state index in [1.807, 2.05) is 30.3 Å². The molecule has 7 aromatic rings. The largest absolute Gasteiger partial charge is 0.309 e. The summed E-state index contributed by atoms with van der Waals surface area (Å²) in [6.45, 7) is 0. The first-order valence-corrected chi connectivity index (χ1v) is 17.6. The Morgan fingerprint density at radius 3 is 1.84 bits per heavy atom. The first-order valence-electron chi connectivity index (χ1n) is 17.6. The predicted octanol–water partition coefficient (Wildman–Crippen LogP) is 10.3. The van der Waals surface area contributed by atoms with Gasteiger partial charge in [0.25, 0.3) is 0 Å². The summed E-state index contributed by atoms with van der Waals surface area (Å²) in [7, 11) is 0. The van der Waals surface area contributed by atoms with Crippen molar-refractivity contribution in [3.63, 3.8) is 0 Å². The zero-order valence-corrected chi connectivity index (χ0v) is 27.3. The molecule has 236 valence electrons. The first kappa shape index (κ1) is 28.4. The monoisotopic (exact) mass is 633 g/mol. The smallest absolute Gasteiger partial charge is 0.164 e. The Kier molecular flexibility index (Phi) is 6.36. The molecule has 5 nitrogen and oxygen atoms in total. The van der Waals surface area contributed by atoms with Gasteiger partial charge in [0.05, 0.1) is 22.7 Å². The second-order valence-electron chi connectivity index (χ2n) is 14.7. The fourth-order valence-electron chi connectivity index (χ4n) is 9.89. The number of nitrogens with zero attached hydrogens (tertiary/aromatic N) is 5. The van der Waals surface area contributed by atoms with E-state index in [0.717, 1.165) is 61.9 Å². The van der Waals surface area contributed by atoms with Crippen LogP contribution in [-0.4, -0.2) is 19.5 Å². The van der Waals surface area contributed by atoms with Crippen LogP contribution in [0.2, 0.25) is 0 Å². The van der Waals surface area contributed by atoms with Crippen molar-refractivity contribution in [2.24, 2.45) is 17.8 Å². The van der Waals surface area contributed by atoms with E-state index in [-0.39, 0.29) is 0 Å². The van der Waals surface area contributed by atoms with Crippen molar-refractivity contribution in [3.05, 3.63) is 132 Å². The van der Waals surface area contributed by atoms with E-state index in [1.54, 1.807) is 0 Å². The number of hydrogen-bond donors (Lipinski definition) is 0. The van der Waals surface area contributed by atoms with Crippen molar-refractivity contribution < 1.29 is 0 Å². The highest BCUT2D eigenvalue weighted by molar-refractivity contribution is 6.09. The van der Waals surface area contributed by atoms with E-state index in [9.17, 15) is 5.26 Å². The van der Waals surface area contributed by atoms with Crippen molar-refractivity contribution in [2.45, 2.75) is 43.9 Å². The summed E-state index contributed by atoms with van der Waals surface area (Å²) in [6.07, 6.45) is 8.41. The van der Waals surface area contributed by atoms with Gasteiger partial charge in [0.1, 0.15) is 0 Å². The third kappa shape index (κ3) is 4.70. The van der Waals surface area contributed by atoms with Gasteiger partial charge >= 0.3 is 0 Å². The van der Waals surface area contributed by atoms with Gasteiger partial charge in [-0.15, -0.1) is 0 Å². The van der Waals surface area contributed by atoms with Gasteiger partial charge in [0.2, 0.25) is 0 Å². The third-order valence-corrected chi connectivity index (χ3v) is 11.6. The normalized spacial score (nSPS) is 22.5. The van der Waals surface area contributed by atoms with Crippen LogP contribution in [0.1, 0.15) is 49.7 Å². The molecule has 49 heavy (non-hydrogen) atoms. The average molecular weight is 634 g/mol. The second-order valence-corrected chi connectivity index (χ2v) is 14.7. The standard InChI is InChI=1S/C44H35N5/c45-27-28-13-18-38-37-11-4-5-12-39(37)49(40(38)22-28)36-10-6-9-34(23-36)43-47-41(32-7-2-1-3-8-32)46-42(48-43)33-14-16-35(17-15-33)44-24-29-19-30(25-44)21-31(20-29)26-44/h1-18,22-23,29-31H,19-21,24-26H2. The molecule has 0 N–H and O–H groups in total. The minimum atomic E-state index is 0.355. The summed E-state index contributed by atoms with van der Waals surface area (Å²) in [5, 5.41) is 12.0. The highest BCUT2D eigenvalue weighted by Crippen LogP contribution is 2.60. The van der Waals surface area contributed by atoms with Crippen LogP contribution in [0.5, 0.6) is 0 Å². The molecule has 0 radical (unpaired) electrons. The lowest BCUT2D eigenvalue weighted by Crippen LogP contribution is -2.48. The van der Waals surface area contributed by atoms with E-state index >= 15 is 0 Å². The van der Waals surface area contributed by atoms with Gasteiger partial charge in [-0.1, -0.05) is 91.0 Å². The Bertz CT molecular complexity index is 2400. The Morgan fingerprint density at radius 1 is 0.551 bits per heavy atom. The van der Waals surface area contributed by atoms with Crippen molar-refractivity contribution in [3.8, 4) is 45.9 Å². The molecule has 4 bridgehead atoms. The molecule has 0 unspecified atom stereocenters. The van der Waals surface area contributed by atoms with Crippen molar-refractivity contribution >= 4 is 21.8 Å². The molecule has 11 rings (SSSR count). The summed E-state index contributed by atoms with van der Waals surface area (Å²) in [4.78, 5) is 15.2. The number of benzene rings is 5. The van der Waals surface area contributed by atoms with Crippen LogP contribution in [-0.2, 0) is 5.41 Å². The Morgan fingerprint density at radius 2 is 1.14 bits per heavy atom. The van der Waals surface area contributed by atoms with Crippen LogP contribution in [0.4, 0.5) is 0 Å². The van der Waals surface area contributed by atoms with Crippen LogP contribution in [0.3, 0.4) is 0 Å². The van der Waals surface area contributed by atoms with Crippen molar-refractivity contribution in [2.75, 3.05) is 0 Å². The summed E-state index contributed by atoms with van der Waals surface area (Å²) in [5.74, 6) is 4.72. The number of rotatable bonds is 5. The zero-order chi connectivity index (χ0) is 32.5. The van der Waals surface area contributed by atoms with E-state index in [1.165, 1.54) is 44.1 Å². The van der Waals surface area contributed by atoms with Gasteiger partial charge in [-0.25, -0.2) is 15.0 Å². The highest BCUT2D eigenvalue weighted by atomic mass is 15.0. The lowest BCUT2D eigenvalue weighted by atomic mass is 9.48. The summed E-state index contributed by atoms with van der Waals surface area (Å²) >= 11 is 0. The Labute approximate surface area is 285 Å². The maximum Gasteiger partial charge on any atom is 0.164 e. The number of aromatic nitrogens is 4. The summed E-state index contributed by atoms with van der Waals surface area (Å²) in [6, 6.07) is 44.4. The molecule has 0 spiro atoms. The molecule has 4 aliphatic rings. The van der Waals surface area contributed by atoms with Crippen LogP contribution in [0, 0.1) is 29.1 Å². The lowest BCUT2D eigenvalue weighted by molar-refractivity contribution is -0.00518. The first-order chi connectivity index (χ1) is 24.1. The maximum absolute atomic E-state index is 9.72. The molecule has 4 aliphatic carbocycles. The molecule has 4 fully saturated rings. The van der Waals surface area contributed by atoms with E-state index < -0.39 is 0 Å². The zero-order valence-electron chi connectivity index (χ0n) is 27.3. The number of nitriles is 1. The third-order valence-electron chi connectivity index (χ3n) is 11.6. The van der Waals surface area contributed by atoms with Gasteiger partial charge in [-0.2, -0.15) is 5.26 Å². The molecular formula is C44H35N5. The van der Waals surface area contributed by atoms with Crippen LogP contribution in [0.25, 0.3) is 61.7 Å². The molecule has 0 amide bonds. The van der Waals surface area contributed by atoms with E-state index in [2.05, 4.69) is 102 Å². The second kappa shape index (κ2) is 11.0. The highest BCUT2D eigenvalue weighted by Gasteiger charge is 2.51. The minimum Gasteiger partial charge on any atom is -0.309 e. The van der Waals surface area contributed by atoms with Crippen molar-refractivity contribution in [1.29, 1.82) is 5.26 Å². The Hall–Kier alpha value is -5.60. The molecular weight excluding hydrogens is 599 g/mol. The molecule has 5 heteroatoms. The molecule has 2 aromatic heterocycles. The van der Waals surface area contributed by atoms with Crippen molar-refractivity contribution in [1.82, 2.24) is 19.5 Å². The van der Waals surface area contributed by atoms with Crippen LogP contribution < -0.4 is 0 Å². The maximum atomic E-state index is 9.72. The average Bonchev–Trinajstić information content (AvgIpc) is 3.48. The summed E-state index contributed by atoms with van der Waals surface area (Å²) < 4.78 is 2.23. The number of hydrogen-bond acceptors (Lipinski definition) is 4. The van der Waals surface area contributed by atoms with Gasteiger partial charge in [-0.3, -0.25) is 0 Å². The number of fused-ring (bicyclic) bond motifs is 3. The molecule has 0 aliphatic heterocycles. The van der Waals surface area contributed by atoms with E-state index in [0.29, 0.717) is 28.5 Å². The number of para-hydroxylation sites is 1. The molecule has 2 heterocycles. The fourth-order valence-corrected chi connectivity index (χ4v) is 9.89. The van der Waals surface area contributed by atoms with Crippen LogP contribution in [0.15, 0.2) is 121 Å². The molecule has 0 atom stereocenters. The van der Waals surface area contributed by atoms with Gasteiger partial charge in [0, 0.05) is 33.2 Å². The topological polar surface area (TPSA) is 67.4 Å². The SMILES string of the molecule is N#Cc1ccc2c3ccccc3n(-c3cccc(-c4nc(-c5ccccc5)nc(-c5ccc(C67CC8CC(CC(C8)C6)C7)cc5)n4)c3)c2c1. The Balaban J connectivity index is 1.09. The lowest BCUT2D eigenvalue weighted by Gasteiger charge is -2.57. The fraction of sp³-hybridized carbons (Fsp3) is 0.227. The van der Waals surface area contributed by atoms with Gasteiger partial charge < -0.3 is 4.57 Å². The quantitative estimate of drug-likeness (QED) is 0.189. The molecule has 4 saturated carbocycles. The molecule has 5 aromatic carbocycles. The molecule has 0 saturated heterocycles. The van der Waals surface area contributed by atoms with Gasteiger partial charge in [0.15, 0.2) is 17.5 Å². The van der Waals surface area contributed by atoms with E-state index in [4.69, 9.17) is 15.0 Å².